The Morgan fingerprint density at radius 2 is 1.77 bits per heavy atom. The van der Waals surface area contributed by atoms with Gasteiger partial charge < -0.3 is 0 Å². The average Bonchev–Trinajstić information content (AvgIpc) is 2.54. The van der Waals surface area contributed by atoms with E-state index in [0.29, 0.717) is 0 Å². The Morgan fingerprint density at radius 3 is 2.50 bits per heavy atom. The third-order valence-electron chi connectivity index (χ3n) is 4.27. The molecule has 0 aliphatic heterocycles. The first kappa shape index (κ1) is 15.2. The number of sulfonamides is 1. The van der Waals surface area contributed by atoms with Gasteiger partial charge in [0.2, 0.25) is 10.0 Å². The van der Waals surface area contributed by atoms with Crippen molar-refractivity contribution >= 4 is 10.0 Å². The second-order valence-electron chi connectivity index (χ2n) is 5.58. The van der Waals surface area contributed by atoms with Crippen LogP contribution in [0.25, 0.3) is 0 Å². The van der Waals surface area contributed by atoms with Crippen molar-refractivity contribution < 1.29 is 12.8 Å². The number of hydrogen-bond donors (Lipinski definition) is 0. The zero-order chi connectivity index (χ0) is 15.7. The maximum absolute atomic E-state index is 13.0. The Kier molecular flexibility index (Phi) is 4.02. The average molecular weight is 319 g/mol. The zero-order valence-corrected chi connectivity index (χ0v) is 13.2. The number of hydrogen-bond acceptors (Lipinski definition) is 2. The van der Waals surface area contributed by atoms with Crippen LogP contribution in [0.3, 0.4) is 0 Å². The van der Waals surface area contributed by atoms with Crippen molar-refractivity contribution in [2.45, 2.75) is 30.2 Å². The van der Waals surface area contributed by atoms with Gasteiger partial charge in [0.1, 0.15) is 5.82 Å². The highest BCUT2D eigenvalue weighted by Crippen LogP contribution is 2.36. The van der Waals surface area contributed by atoms with Gasteiger partial charge in [-0.3, -0.25) is 0 Å². The van der Waals surface area contributed by atoms with Crippen LogP contribution in [0.15, 0.2) is 53.4 Å². The normalized spacial score (nSPS) is 18.2. The van der Waals surface area contributed by atoms with Gasteiger partial charge in [-0.2, -0.15) is 4.31 Å². The van der Waals surface area contributed by atoms with Crippen LogP contribution in [-0.2, 0) is 16.4 Å². The summed E-state index contributed by atoms with van der Waals surface area (Å²) in [4.78, 5) is 0.124. The molecule has 0 saturated carbocycles. The van der Waals surface area contributed by atoms with Gasteiger partial charge in [0.05, 0.1) is 4.90 Å². The number of nitrogens with zero attached hydrogens (tertiary/aromatic N) is 1. The first-order valence-electron chi connectivity index (χ1n) is 7.31. The van der Waals surface area contributed by atoms with Crippen LogP contribution < -0.4 is 0 Å². The molecule has 0 N–H and O–H groups in total. The van der Waals surface area contributed by atoms with Gasteiger partial charge in [-0.1, -0.05) is 24.3 Å². The van der Waals surface area contributed by atoms with Crippen LogP contribution in [0, 0.1) is 5.82 Å². The number of benzene rings is 2. The lowest BCUT2D eigenvalue weighted by Crippen LogP contribution is -2.33. The van der Waals surface area contributed by atoms with Gasteiger partial charge in [0, 0.05) is 13.1 Å². The molecular weight excluding hydrogens is 301 g/mol. The second kappa shape index (κ2) is 5.82. The highest BCUT2D eigenvalue weighted by Gasteiger charge is 2.31. The van der Waals surface area contributed by atoms with Crippen LogP contribution in [0.2, 0.25) is 0 Å². The molecule has 116 valence electrons. The molecule has 0 fully saturated rings. The van der Waals surface area contributed by atoms with Crippen molar-refractivity contribution in [2.75, 3.05) is 7.05 Å². The fourth-order valence-electron chi connectivity index (χ4n) is 3.05. The van der Waals surface area contributed by atoms with Crippen molar-refractivity contribution in [3.8, 4) is 0 Å². The molecule has 0 bridgehead atoms. The minimum absolute atomic E-state index is 0.124. The van der Waals surface area contributed by atoms with Gasteiger partial charge in [0.25, 0.3) is 0 Å². The molecular formula is C17H18FNO2S. The van der Waals surface area contributed by atoms with Crippen LogP contribution in [0.5, 0.6) is 0 Å². The van der Waals surface area contributed by atoms with E-state index in [4.69, 9.17) is 0 Å². The highest BCUT2D eigenvalue weighted by atomic mass is 32.2. The molecule has 1 atom stereocenters. The molecule has 2 aromatic rings. The number of fused-ring (bicyclic) bond motifs is 1. The van der Waals surface area contributed by atoms with Gasteiger partial charge in [-0.15, -0.1) is 0 Å². The highest BCUT2D eigenvalue weighted by molar-refractivity contribution is 7.89. The van der Waals surface area contributed by atoms with Crippen molar-refractivity contribution in [2.24, 2.45) is 0 Å². The SMILES string of the molecule is CN([C@@H]1CCCc2ccccc21)S(=O)(=O)c1ccc(F)cc1. The van der Waals surface area contributed by atoms with E-state index in [2.05, 4.69) is 6.07 Å². The van der Waals surface area contributed by atoms with Crippen LogP contribution >= 0.6 is 0 Å². The van der Waals surface area contributed by atoms with Gasteiger partial charge in [0.15, 0.2) is 0 Å². The Bertz CT molecular complexity index is 772. The summed E-state index contributed by atoms with van der Waals surface area (Å²) in [6.45, 7) is 0. The Balaban J connectivity index is 1.97. The van der Waals surface area contributed by atoms with E-state index in [9.17, 15) is 12.8 Å². The fourth-order valence-corrected chi connectivity index (χ4v) is 4.41. The van der Waals surface area contributed by atoms with Crippen molar-refractivity contribution in [1.82, 2.24) is 4.31 Å². The van der Waals surface area contributed by atoms with E-state index in [-0.39, 0.29) is 10.9 Å². The summed E-state index contributed by atoms with van der Waals surface area (Å²) in [5.41, 5.74) is 2.28. The molecule has 0 spiro atoms. The van der Waals surface area contributed by atoms with E-state index in [0.717, 1.165) is 24.8 Å². The van der Waals surface area contributed by atoms with Crippen molar-refractivity contribution in [3.63, 3.8) is 0 Å². The monoisotopic (exact) mass is 319 g/mol. The van der Waals surface area contributed by atoms with Crippen molar-refractivity contribution in [3.05, 3.63) is 65.5 Å². The summed E-state index contributed by atoms with van der Waals surface area (Å²) in [7, 11) is -2.03. The lowest BCUT2D eigenvalue weighted by molar-refractivity contribution is 0.337. The molecule has 0 unspecified atom stereocenters. The van der Waals surface area contributed by atoms with Gasteiger partial charge in [-0.05, 0) is 54.7 Å². The number of aryl methyl sites for hydroxylation is 1. The molecule has 0 amide bonds. The first-order valence-corrected chi connectivity index (χ1v) is 8.75. The maximum atomic E-state index is 13.0. The largest absolute Gasteiger partial charge is 0.243 e. The second-order valence-corrected chi connectivity index (χ2v) is 7.58. The minimum Gasteiger partial charge on any atom is -0.207 e. The van der Waals surface area contributed by atoms with E-state index < -0.39 is 15.8 Å². The molecule has 3 rings (SSSR count). The van der Waals surface area contributed by atoms with E-state index in [1.807, 2.05) is 18.2 Å². The van der Waals surface area contributed by atoms with E-state index in [1.54, 1.807) is 7.05 Å². The Hall–Kier alpha value is -1.72. The maximum Gasteiger partial charge on any atom is 0.243 e. The molecule has 5 heteroatoms. The van der Waals surface area contributed by atoms with Crippen molar-refractivity contribution in [1.29, 1.82) is 0 Å². The topological polar surface area (TPSA) is 37.4 Å². The predicted octanol–water partition coefficient (Wildman–Crippen LogP) is 3.52. The minimum atomic E-state index is -3.63. The fraction of sp³-hybridized carbons (Fsp3) is 0.294. The summed E-state index contributed by atoms with van der Waals surface area (Å²) in [5, 5.41) is 0. The third-order valence-corrected chi connectivity index (χ3v) is 6.15. The lowest BCUT2D eigenvalue weighted by Gasteiger charge is -2.32. The lowest BCUT2D eigenvalue weighted by atomic mass is 9.88. The number of rotatable bonds is 3. The molecule has 0 aromatic heterocycles. The third kappa shape index (κ3) is 2.66. The Labute approximate surface area is 130 Å². The molecule has 0 saturated heterocycles. The number of halogens is 1. The van der Waals surface area contributed by atoms with E-state index in [1.165, 1.54) is 34.1 Å². The zero-order valence-electron chi connectivity index (χ0n) is 12.4. The summed E-state index contributed by atoms with van der Waals surface area (Å²) in [6.07, 6.45) is 2.75. The molecule has 1 aliphatic carbocycles. The first-order chi connectivity index (χ1) is 10.5. The summed E-state index contributed by atoms with van der Waals surface area (Å²) in [5.74, 6) is -0.440. The van der Waals surface area contributed by atoms with Gasteiger partial charge >= 0.3 is 0 Å². The summed E-state index contributed by atoms with van der Waals surface area (Å²) in [6, 6.07) is 12.8. The molecule has 3 nitrogen and oxygen atoms in total. The summed E-state index contributed by atoms with van der Waals surface area (Å²) < 4.78 is 39.9. The quantitative estimate of drug-likeness (QED) is 0.868. The Morgan fingerprint density at radius 1 is 1.09 bits per heavy atom. The summed E-state index contributed by atoms with van der Waals surface area (Å²) >= 11 is 0. The predicted molar refractivity (Wildman–Crippen MR) is 83.5 cm³/mol. The van der Waals surface area contributed by atoms with Crippen LogP contribution in [0.1, 0.15) is 30.0 Å². The standard InChI is InChI=1S/C17H18FNO2S/c1-19(22(20,21)15-11-9-14(18)10-12-15)17-8-4-6-13-5-2-3-7-16(13)17/h2-3,5,7,9-12,17H,4,6,8H2,1H3/t17-/m1/s1. The van der Waals surface area contributed by atoms with Crippen LogP contribution in [-0.4, -0.2) is 19.8 Å². The molecule has 1 aliphatic rings. The molecule has 22 heavy (non-hydrogen) atoms. The molecule has 0 radical (unpaired) electrons. The smallest absolute Gasteiger partial charge is 0.207 e. The van der Waals surface area contributed by atoms with E-state index >= 15 is 0 Å². The molecule has 2 aromatic carbocycles. The van der Waals surface area contributed by atoms with Gasteiger partial charge in [-0.25, -0.2) is 12.8 Å². The molecule has 0 heterocycles. The van der Waals surface area contributed by atoms with Crippen LogP contribution in [0.4, 0.5) is 4.39 Å².